The van der Waals surface area contributed by atoms with Crippen LogP contribution >= 0.6 is 15.6 Å². The van der Waals surface area contributed by atoms with Crippen LogP contribution in [0.4, 0.5) is 0 Å². The molecule has 71 heavy (non-hydrogen) atoms. The van der Waals surface area contributed by atoms with Gasteiger partial charge in [0.15, 0.2) is 17.3 Å². The van der Waals surface area contributed by atoms with Gasteiger partial charge in [0.1, 0.15) is 40.8 Å². The van der Waals surface area contributed by atoms with Gasteiger partial charge >= 0.3 is 32.8 Å². The molecule has 0 spiro atoms. The van der Waals surface area contributed by atoms with Crippen LogP contribution in [0.15, 0.2) is 107 Å². The first kappa shape index (κ1) is 48.4. The van der Waals surface area contributed by atoms with Crippen LogP contribution in [-0.2, 0) is 42.0 Å². The minimum Gasteiger partial charge on any atom is -0.507 e. The van der Waals surface area contributed by atoms with Crippen LogP contribution in [0, 0.1) is 0 Å². The number of nitrogens with zero attached hydrogens (tertiary/aromatic N) is 5. The highest BCUT2D eigenvalue weighted by molar-refractivity contribution is 7.47. The fourth-order valence-corrected chi connectivity index (χ4v) is 10.0. The molecule has 9 rings (SSSR count). The topological polar surface area (TPSA) is 290 Å². The second kappa shape index (κ2) is 18.6. The number of rotatable bonds is 16. The number of phenolic OH excluding ortho intramolecular Hbond substituents is 2. The van der Waals surface area contributed by atoms with Gasteiger partial charge in [-0.25, -0.2) is 28.4 Å². The average Bonchev–Trinajstić information content (AvgIpc) is 4.06. The molecule has 0 bridgehead atoms. The van der Waals surface area contributed by atoms with Crippen LogP contribution in [0.3, 0.4) is 0 Å². The normalized spacial score (nSPS) is 13.6. The Morgan fingerprint density at radius 3 is 2.07 bits per heavy atom. The second-order valence-electron chi connectivity index (χ2n) is 16.9. The highest BCUT2D eigenvalue weighted by atomic mass is 31.2. The number of benzene rings is 5. The van der Waals surface area contributed by atoms with Gasteiger partial charge in [-0.1, -0.05) is 25.1 Å². The first-order valence-corrected chi connectivity index (χ1v) is 25.0. The minimum atomic E-state index is -5.12. The molecule has 1 unspecified atom stereocenters. The third kappa shape index (κ3) is 9.54. The number of hydrogen-bond acceptors (Lipinski definition) is 11. The number of methoxy groups -OCH3 is 2. The standard InChI is InChI=1S/C48H47N7O14P2/c1-6-28-20-36(39(56)23-42(28)68-70(60,61)62)45-49-50-47(58)54(45)33-10-12-34-31(17-26(2)35(34)22-33)25-53-46(55(48(59)51-53)32-11-13-38-29(19-32)15-16-52(38)3)37-21-30(43(24-40(37)57)69-71(63,64)65)9-7-27-8-14-41(66-4)44(18-27)67-5/h8,10-24,31H,6-7,9,25H2,1-5H3,(H7,49,50,51,56,58,59,60,61,62,63,64,65)/p+1. The Hall–Kier alpha value is -7.64. The number of fused-ring (bicyclic) bond motifs is 2. The summed E-state index contributed by atoms with van der Waals surface area (Å²) in [5, 5.41) is 33.4. The number of aromatic amines is 2. The summed E-state index contributed by atoms with van der Waals surface area (Å²) in [5.74, 6) is -0.518. The van der Waals surface area contributed by atoms with Crippen LogP contribution in [0.1, 0.15) is 47.6 Å². The zero-order valence-electron chi connectivity index (χ0n) is 38.7. The van der Waals surface area contributed by atoms with E-state index in [-0.39, 0.29) is 53.7 Å². The Morgan fingerprint density at radius 2 is 1.38 bits per heavy atom. The molecule has 0 saturated carbocycles. The Kier molecular flexibility index (Phi) is 12.7. The van der Waals surface area contributed by atoms with E-state index >= 15 is 0 Å². The smallest absolute Gasteiger partial charge is 0.507 e. The van der Waals surface area contributed by atoms with Crippen molar-refractivity contribution in [3.63, 3.8) is 0 Å². The summed E-state index contributed by atoms with van der Waals surface area (Å²) in [6, 6.07) is 23.3. The number of phosphoric acid groups is 2. The van der Waals surface area contributed by atoms with Gasteiger partial charge in [0.25, 0.3) is 0 Å². The van der Waals surface area contributed by atoms with Crippen molar-refractivity contribution in [3.8, 4) is 68.6 Å². The predicted molar refractivity (Wildman–Crippen MR) is 260 cm³/mol. The SMILES string of the molecule is CCc1cc(-c2n[nH]c(=O)n2-c2ccc3c(c2)C(C)=CC3C[n+]2[nH]c(=O)n(-c3ccc4c(ccn4C)c3)c2-c2cc(CCc3ccc(OC)c(OC)c3)c(OP(=O)(O)O)cc2O)c(O)cc1OP(=O)(O)O. The Balaban J connectivity index is 1.13. The molecule has 21 nitrogen and oxygen atoms in total. The molecule has 23 heteroatoms. The number of ether oxygens (including phenoxy) is 2. The van der Waals surface area contributed by atoms with E-state index in [9.17, 15) is 48.5 Å². The summed E-state index contributed by atoms with van der Waals surface area (Å²) >= 11 is 0. The van der Waals surface area contributed by atoms with Gasteiger partial charge in [-0.05, 0) is 120 Å². The molecule has 0 aliphatic heterocycles. The van der Waals surface area contributed by atoms with E-state index in [1.54, 1.807) is 48.0 Å². The van der Waals surface area contributed by atoms with Crippen LogP contribution < -0.4 is 34.6 Å². The lowest BCUT2D eigenvalue weighted by Gasteiger charge is -2.16. The summed E-state index contributed by atoms with van der Waals surface area (Å²) in [6.45, 7) is 3.74. The highest BCUT2D eigenvalue weighted by Gasteiger charge is 2.34. The number of nitrogens with one attached hydrogen (secondary N) is 2. The molecule has 0 fully saturated rings. The largest absolute Gasteiger partial charge is 0.524 e. The lowest BCUT2D eigenvalue weighted by Crippen LogP contribution is -2.41. The summed E-state index contributed by atoms with van der Waals surface area (Å²) < 4.78 is 51.0. The van der Waals surface area contributed by atoms with Gasteiger partial charge in [0.05, 0.1) is 25.5 Å². The molecular formula is C48H48N7O14P2+. The fraction of sp³-hybridized carbons (Fsp3) is 0.208. The number of hydrogen-bond donors (Lipinski definition) is 8. The van der Waals surface area contributed by atoms with Crippen LogP contribution in [0.2, 0.25) is 0 Å². The zero-order valence-corrected chi connectivity index (χ0v) is 40.5. The molecule has 1 aliphatic rings. The first-order valence-electron chi connectivity index (χ1n) is 22.0. The number of aryl methyl sites for hydroxylation is 4. The number of allylic oxidation sites excluding steroid dienone is 2. The van der Waals surface area contributed by atoms with Gasteiger partial charge in [0.2, 0.25) is 0 Å². The summed E-state index contributed by atoms with van der Waals surface area (Å²) in [4.78, 5) is 66.6. The fourth-order valence-electron chi connectivity index (χ4n) is 9.17. The lowest BCUT2D eigenvalue weighted by molar-refractivity contribution is -0.743. The summed E-state index contributed by atoms with van der Waals surface area (Å²) in [5.41, 5.74) is 4.69. The maximum absolute atomic E-state index is 14.4. The number of phosphoric ester groups is 2. The van der Waals surface area contributed by atoms with E-state index in [1.165, 1.54) is 29.4 Å². The van der Waals surface area contributed by atoms with Crippen LogP contribution in [0.25, 0.3) is 50.6 Å². The van der Waals surface area contributed by atoms with Crippen molar-refractivity contribution in [1.29, 1.82) is 0 Å². The van der Waals surface area contributed by atoms with E-state index < -0.39 is 44.4 Å². The number of H-pyrrole nitrogens is 2. The predicted octanol–water partition coefficient (Wildman–Crippen LogP) is 6.07. The Morgan fingerprint density at radius 1 is 0.718 bits per heavy atom. The number of phenols is 2. The molecule has 0 amide bonds. The van der Waals surface area contributed by atoms with Gasteiger partial charge in [-0.3, -0.25) is 19.6 Å². The number of aromatic hydroxyl groups is 2. The number of aromatic nitrogens is 7. The maximum Gasteiger partial charge on any atom is 0.524 e. The van der Waals surface area contributed by atoms with E-state index in [0.717, 1.165) is 45.3 Å². The van der Waals surface area contributed by atoms with Crippen LogP contribution in [0.5, 0.6) is 34.5 Å². The monoisotopic (exact) mass is 1010 g/mol. The molecule has 8 N–H and O–H groups in total. The molecule has 5 aromatic carbocycles. The van der Waals surface area contributed by atoms with Crippen molar-refractivity contribution in [2.24, 2.45) is 7.05 Å². The van der Waals surface area contributed by atoms with Crippen LogP contribution in [-0.4, -0.2) is 73.0 Å². The van der Waals surface area contributed by atoms with Crippen molar-refractivity contribution in [3.05, 3.63) is 146 Å². The first-order chi connectivity index (χ1) is 33.7. The molecule has 1 atom stereocenters. The highest BCUT2D eigenvalue weighted by Crippen LogP contribution is 2.46. The molecule has 0 radical (unpaired) electrons. The molecule has 3 aromatic heterocycles. The summed E-state index contributed by atoms with van der Waals surface area (Å²) in [6.07, 6.45) is 4.66. The summed E-state index contributed by atoms with van der Waals surface area (Å²) in [7, 11) is -5.15. The van der Waals surface area contributed by atoms with E-state index in [4.69, 9.17) is 18.5 Å². The van der Waals surface area contributed by atoms with Gasteiger partial charge in [-0.15, -0.1) is 4.57 Å². The zero-order chi connectivity index (χ0) is 50.7. The third-order valence-electron chi connectivity index (χ3n) is 12.4. The Labute approximate surface area is 403 Å². The van der Waals surface area contributed by atoms with Crippen molar-refractivity contribution in [2.45, 2.75) is 45.6 Å². The molecule has 0 saturated heterocycles. The second-order valence-corrected chi connectivity index (χ2v) is 19.3. The minimum absolute atomic E-state index is 0.0222. The third-order valence-corrected chi connectivity index (χ3v) is 13.3. The molecule has 3 heterocycles. The molecule has 368 valence electrons. The quantitative estimate of drug-likeness (QED) is 0.0403. The van der Waals surface area contributed by atoms with Gasteiger partial charge in [-0.2, -0.15) is 14.9 Å². The maximum atomic E-state index is 14.4. The van der Waals surface area contributed by atoms with E-state index in [0.29, 0.717) is 40.4 Å². The van der Waals surface area contributed by atoms with E-state index in [2.05, 4.69) is 15.3 Å². The molecule has 1 aliphatic carbocycles. The average molecular weight is 1010 g/mol. The van der Waals surface area contributed by atoms with E-state index in [1.807, 2.05) is 61.1 Å². The van der Waals surface area contributed by atoms with Crippen molar-refractivity contribution >= 4 is 32.1 Å². The molecule has 8 aromatic rings. The van der Waals surface area contributed by atoms with Crippen molar-refractivity contribution < 1.29 is 62.1 Å². The van der Waals surface area contributed by atoms with Crippen molar-refractivity contribution in [2.75, 3.05) is 14.2 Å². The lowest BCUT2D eigenvalue weighted by atomic mass is 9.98. The molecular weight excluding hydrogens is 961 g/mol. The Bertz CT molecular complexity index is 3670. The van der Waals surface area contributed by atoms with Gasteiger partial charge < -0.3 is 33.3 Å². The van der Waals surface area contributed by atoms with Gasteiger partial charge in [0, 0.05) is 42.2 Å². The van der Waals surface area contributed by atoms with Crippen molar-refractivity contribution in [1.82, 2.24) is 29.0 Å².